The van der Waals surface area contributed by atoms with Gasteiger partial charge in [-0.05, 0) is 30.9 Å². The average Bonchev–Trinajstić information content (AvgIpc) is 3.52. The van der Waals surface area contributed by atoms with Crippen LogP contribution in [0.5, 0.6) is 0 Å². The maximum absolute atomic E-state index is 13.1. The minimum Gasteiger partial charge on any atom is -0.480 e. The molecule has 1 amide bonds. The maximum atomic E-state index is 13.1. The van der Waals surface area contributed by atoms with E-state index >= 15 is 0 Å². The first-order valence-electron chi connectivity index (χ1n) is 9.33. The third-order valence-corrected chi connectivity index (χ3v) is 5.20. The van der Waals surface area contributed by atoms with Crippen molar-refractivity contribution < 1.29 is 14.7 Å². The first-order chi connectivity index (χ1) is 13.0. The van der Waals surface area contributed by atoms with Gasteiger partial charge in [0.1, 0.15) is 6.04 Å². The van der Waals surface area contributed by atoms with Crippen molar-refractivity contribution >= 4 is 11.9 Å². The highest BCUT2D eigenvalue weighted by Crippen LogP contribution is 2.31. The number of hydrogen-bond acceptors (Lipinski definition) is 3. The van der Waals surface area contributed by atoms with E-state index in [-0.39, 0.29) is 24.5 Å². The summed E-state index contributed by atoms with van der Waals surface area (Å²) in [6, 6.07) is 19.1. The number of rotatable bonds is 8. The predicted molar refractivity (Wildman–Crippen MR) is 104 cm³/mol. The summed E-state index contributed by atoms with van der Waals surface area (Å²) in [6.07, 6.45) is 1.91. The predicted octanol–water partition coefficient (Wildman–Crippen LogP) is 3.17. The standard InChI is InChI=1S/C22H26N2O3/c1-16(22(26)27)24(19-13-14-19)15-20(25)23(2)21(17-9-5-3-6-10-17)18-11-7-4-8-12-18/h3-12,16,19,21H,13-15H2,1-2H3,(H,26,27). The minimum absolute atomic E-state index is 0.0762. The van der Waals surface area contributed by atoms with Gasteiger partial charge in [-0.25, -0.2) is 0 Å². The molecular weight excluding hydrogens is 340 g/mol. The third kappa shape index (κ3) is 4.55. The van der Waals surface area contributed by atoms with Gasteiger partial charge < -0.3 is 10.0 Å². The lowest BCUT2D eigenvalue weighted by Crippen LogP contribution is -2.47. The van der Waals surface area contributed by atoms with Crippen molar-refractivity contribution in [3.05, 3.63) is 71.8 Å². The molecule has 1 aliphatic rings. The summed E-state index contributed by atoms with van der Waals surface area (Å²) < 4.78 is 0. The fraction of sp³-hybridized carbons (Fsp3) is 0.364. The third-order valence-electron chi connectivity index (χ3n) is 5.20. The van der Waals surface area contributed by atoms with Gasteiger partial charge in [0.15, 0.2) is 0 Å². The number of carboxylic acid groups (broad SMARTS) is 1. The molecule has 3 rings (SSSR count). The van der Waals surface area contributed by atoms with E-state index in [4.69, 9.17) is 0 Å². The topological polar surface area (TPSA) is 60.9 Å². The second-order valence-electron chi connectivity index (χ2n) is 7.15. The van der Waals surface area contributed by atoms with Crippen LogP contribution in [0.2, 0.25) is 0 Å². The molecule has 1 unspecified atom stereocenters. The molecule has 0 heterocycles. The van der Waals surface area contributed by atoms with Gasteiger partial charge in [0.2, 0.25) is 5.91 Å². The number of nitrogens with zero attached hydrogens (tertiary/aromatic N) is 2. The molecule has 1 aliphatic carbocycles. The Morgan fingerprint density at radius 3 is 1.89 bits per heavy atom. The number of carbonyl (C=O) groups is 2. The number of benzene rings is 2. The van der Waals surface area contributed by atoms with Crippen molar-refractivity contribution in [3.8, 4) is 0 Å². The summed E-state index contributed by atoms with van der Waals surface area (Å²) in [5.41, 5.74) is 2.06. The molecule has 1 N–H and O–H groups in total. The zero-order valence-corrected chi connectivity index (χ0v) is 15.8. The normalized spacial score (nSPS) is 15.0. The fourth-order valence-corrected chi connectivity index (χ4v) is 3.45. The first kappa shape index (κ1) is 19.1. The van der Waals surface area contributed by atoms with E-state index in [1.165, 1.54) is 0 Å². The van der Waals surface area contributed by atoms with Crippen LogP contribution in [0.3, 0.4) is 0 Å². The molecule has 2 aromatic carbocycles. The van der Waals surface area contributed by atoms with E-state index in [1.54, 1.807) is 18.9 Å². The summed E-state index contributed by atoms with van der Waals surface area (Å²) in [7, 11) is 1.80. The van der Waals surface area contributed by atoms with Crippen molar-refractivity contribution in [1.82, 2.24) is 9.80 Å². The maximum Gasteiger partial charge on any atom is 0.320 e. The van der Waals surface area contributed by atoms with Gasteiger partial charge in [0.25, 0.3) is 0 Å². The van der Waals surface area contributed by atoms with Crippen molar-refractivity contribution in [2.75, 3.05) is 13.6 Å². The van der Waals surface area contributed by atoms with Crippen molar-refractivity contribution in [2.45, 2.75) is 37.9 Å². The molecule has 27 heavy (non-hydrogen) atoms. The molecule has 0 bridgehead atoms. The van der Waals surface area contributed by atoms with E-state index in [9.17, 15) is 14.7 Å². The molecule has 1 fully saturated rings. The van der Waals surface area contributed by atoms with E-state index in [0.29, 0.717) is 0 Å². The molecular formula is C22H26N2O3. The Morgan fingerprint density at radius 2 is 1.48 bits per heavy atom. The quantitative estimate of drug-likeness (QED) is 0.780. The Balaban J connectivity index is 1.84. The lowest BCUT2D eigenvalue weighted by atomic mass is 9.97. The monoisotopic (exact) mass is 366 g/mol. The van der Waals surface area contributed by atoms with Crippen molar-refractivity contribution in [2.24, 2.45) is 0 Å². The Bertz CT molecular complexity index is 735. The molecule has 0 radical (unpaired) electrons. The smallest absolute Gasteiger partial charge is 0.320 e. The Labute approximate surface area is 160 Å². The van der Waals surface area contributed by atoms with E-state index in [1.807, 2.05) is 65.6 Å². The first-order valence-corrected chi connectivity index (χ1v) is 9.33. The van der Waals surface area contributed by atoms with E-state index in [0.717, 1.165) is 24.0 Å². The van der Waals surface area contributed by atoms with Gasteiger partial charge in [-0.2, -0.15) is 0 Å². The highest BCUT2D eigenvalue weighted by molar-refractivity contribution is 5.80. The van der Waals surface area contributed by atoms with Crippen LogP contribution in [0, 0.1) is 0 Å². The summed E-state index contributed by atoms with van der Waals surface area (Å²) in [5.74, 6) is -0.965. The van der Waals surface area contributed by atoms with Gasteiger partial charge in [-0.3, -0.25) is 14.5 Å². The summed E-state index contributed by atoms with van der Waals surface area (Å²) in [4.78, 5) is 28.1. The highest BCUT2D eigenvalue weighted by atomic mass is 16.4. The van der Waals surface area contributed by atoms with Crippen LogP contribution in [0.15, 0.2) is 60.7 Å². The van der Waals surface area contributed by atoms with Gasteiger partial charge in [0, 0.05) is 13.1 Å². The van der Waals surface area contributed by atoms with Crippen molar-refractivity contribution in [3.63, 3.8) is 0 Å². The minimum atomic E-state index is -0.889. The van der Waals surface area contributed by atoms with Gasteiger partial charge in [-0.15, -0.1) is 0 Å². The van der Waals surface area contributed by atoms with Gasteiger partial charge in [0.05, 0.1) is 12.6 Å². The van der Waals surface area contributed by atoms with Crippen LogP contribution in [0.4, 0.5) is 0 Å². The molecule has 0 aromatic heterocycles. The highest BCUT2D eigenvalue weighted by Gasteiger charge is 2.37. The molecule has 1 saturated carbocycles. The molecule has 0 saturated heterocycles. The number of carbonyl (C=O) groups excluding carboxylic acids is 1. The zero-order chi connectivity index (χ0) is 19.4. The number of amides is 1. The van der Waals surface area contributed by atoms with Crippen LogP contribution >= 0.6 is 0 Å². The molecule has 0 aliphatic heterocycles. The Hall–Kier alpha value is -2.66. The molecule has 5 heteroatoms. The molecule has 5 nitrogen and oxygen atoms in total. The second kappa shape index (κ2) is 8.35. The molecule has 0 spiro atoms. The Kier molecular flexibility index (Phi) is 5.91. The summed E-state index contributed by atoms with van der Waals surface area (Å²) in [6.45, 7) is 1.77. The molecule has 1 atom stereocenters. The van der Waals surface area contributed by atoms with Gasteiger partial charge >= 0.3 is 5.97 Å². The largest absolute Gasteiger partial charge is 0.480 e. The SMILES string of the molecule is CC(C(=O)O)N(CC(=O)N(C)C(c1ccccc1)c1ccccc1)C1CC1. The number of hydrogen-bond donors (Lipinski definition) is 1. The number of likely N-dealkylation sites (N-methyl/N-ethyl adjacent to an activating group) is 1. The van der Waals surface area contributed by atoms with Crippen LogP contribution in [-0.4, -0.2) is 52.5 Å². The zero-order valence-electron chi connectivity index (χ0n) is 15.8. The molecule has 142 valence electrons. The fourth-order valence-electron chi connectivity index (χ4n) is 3.45. The Morgan fingerprint density at radius 1 is 1.00 bits per heavy atom. The van der Waals surface area contributed by atoms with Crippen LogP contribution < -0.4 is 0 Å². The van der Waals surface area contributed by atoms with Gasteiger partial charge in [-0.1, -0.05) is 60.7 Å². The summed E-state index contributed by atoms with van der Waals surface area (Å²) >= 11 is 0. The van der Waals surface area contributed by atoms with Crippen LogP contribution in [0.25, 0.3) is 0 Å². The summed E-state index contributed by atoms with van der Waals surface area (Å²) in [5, 5.41) is 9.38. The lowest BCUT2D eigenvalue weighted by molar-refractivity contribution is -0.144. The van der Waals surface area contributed by atoms with Crippen LogP contribution in [0.1, 0.15) is 36.9 Å². The molecule has 2 aromatic rings. The van der Waals surface area contributed by atoms with E-state index in [2.05, 4.69) is 0 Å². The average molecular weight is 366 g/mol. The lowest BCUT2D eigenvalue weighted by Gasteiger charge is -2.32. The van der Waals surface area contributed by atoms with E-state index < -0.39 is 12.0 Å². The number of carboxylic acids is 1. The van der Waals surface area contributed by atoms with Crippen molar-refractivity contribution in [1.29, 1.82) is 0 Å². The van der Waals surface area contributed by atoms with Crippen LogP contribution in [-0.2, 0) is 9.59 Å². The number of aliphatic carboxylic acids is 1. The second-order valence-corrected chi connectivity index (χ2v) is 7.15.